The van der Waals surface area contributed by atoms with Crippen molar-refractivity contribution in [1.29, 1.82) is 0 Å². The summed E-state index contributed by atoms with van der Waals surface area (Å²) < 4.78 is 65.1. The number of nitrogens with zero attached hydrogens (tertiary/aromatic N) is 2. The Morgan fingerprint density at radius 2 is 1.55 bits per heavy atom. The molecule has 8 heteroatoms. The first-order chi connectivity index (χ1) is 9.52. The van der Waals surface area contributed by atoms with E-state index in [0.717, 1.165) is 6.21 Å². The van der Waals surface area contributed by atoms with Crippen LogP contribution in [0.25, 0.3) is 0 Å². The highest BCUT2D eigenvalue weighted by Crippen LogP contribution is 2.26. The number of anilines is 1. The van der Waals surface area contributed by atoms with Gasteiger partial charge in [0.15, 0.2) is 23.3 Å². The smallest absolute Gasteiger partial charge is 0.200 e. The quantitative estimate of drug-likeness (QED) is 0.309. The molecule has 1 heterocycles. The predicted molar refractivity (Wildman–Crippen MR) is 61.7 cm³/mol. The zero-order valence-electron chi connectivity index (χ0n) is 9.67. The Hall–Kier alpha value is -2.51. The van der Waals surface area contributed by atoms with Gasteiger partial charge in [-0.15, -0.1) is 0 Å². The summed E-state index contributed by atoms with van der Waals surface area (Å²) in [5, 5.41) is 3.39. The maximum Gasteiger partial charge on any atom is 0.200 e. The first-order valence-corrected chi connectivity index (χ1v) is 5.23. The number of hydrogen-bond donors (Lipinski definition) is 1. The van der Waals surface area contributed by atoms with Crippen LogP contribution < -0.4 is 5.43 Å². The van der Waals surface area contributed by atoms with Crippen LogP contribution in [0, 0.1) is 29.1 Å². The maximum atomic E-state index is 13.3. The van der Waals surface area contributed by atoms with E-state index < -0.39 is 34.8 Å². The number of hydrazone groups is 1. The molecule has 104 valence electrons. The van der Waals surface area contributed by atoms with E-state index >= 15 is 0 Å². The van der Waals surface area contributed by atoms with Crippen LogP contribution in [0.15, 0.2) is 29.6 Å². The van der Waals surface area contributed by atoms with E-state index in [1.165, 1.54) is 12.4 Å². The van der Waals surface area contributed by atoms with E-state index in [1.54, 1.807) is 17.6 Å². The molecule has 0 fully saturated rings. The number of benzene rings is 1. The molecule has 1 N–H and O–H groups in total. The maximum absolute atomic E-state index is 13.3. The average molecular weight is 287 g/mol. The van der Waals surface area contributed by atoms with Crippen molar-refractivity contribution in [2.75, 3.05) is 5.43 Å². The van der Waals surface area contributed by atoms with E-state index in [4.69, 9.17) is 0 Å². The Bertz CT molecular complexity index is 629. The third-order valence-electron chi connectivity index (χ3n) is 2.28. The van der Waals surface area contributed by atoms with Crippen LogP contribution in [0.3, 0.4) is 0 Å². The Balaban J connectivity index is 2.29. The number of nitrogens with one attached hydrogen (secondary N) is 1. The van der Waals surface area contributed by atoms with Gasteiger partial charge >= 0.3 is 0 Å². The lowest BCUT2D eigenvalue weighted by Crippen LogP contribution is -2.06. The molecule has 0 aliphatic heterocycles. The topological polar surface area (TPSA) is 37.3 Å². The van der Waals surface area contributed by atoms with E-state index in [2.05, 4.69) is 10.1 Å². The SMILES string of the molecule is Fc1c(F)c(F)c(N/N=C\c2cccnc2)c(F)c1F. The summed E-state index contributed by atoms with van der Waals surface area (Å²) >= 11 is 0. The standard InChI is InChI=1S/C12H6F5N3/c13-7-8(14)10(16)12(11(17)9(7)15)20-19-5-6-2-1-3-18-4-6/h1-5,20H/b19-5-. The molecule has 1 aromatic carbocycles. The van der Waals surface area contributed by atoms with Gasteiger partial charge in [-0.2, -0.15) is 5.10 Å². The van der Waals surface area contributed by atoms with Gasteiger partial charge in [0.25, 0.3) is 0 Å². The van der Waals surface area contributed by atoms with Gasteiger partial charge in [-0.25, -0.2) is 22.0 Å². The fourth-order valence-corrected chi connectivity index (χ4v) is 1.33. The lowest BCUT2D eigenvalue weighted by molar-refractivity contribution is 0.381. The molecule has 1 aromatic heterocycles. The van der Waals surface area contributed by atoms with Gasteiger partial charge in [-0.3, -0.25) is 10.4 Å². The third-order valence-corrected chi connectivity index (χ3v) is 2.28. The summed E-state index contributed by atoms with van der Waals surface area (Å²) in [7, 11) is 0. The highest BCUT2D eigenvalue weighted by molar-refractivity contribution is 5.79. The molecule has 0 bridgehead atoms. The minimum absolute atomic E-state index is 0.476. The van der Waals surface area contributed by atoms with Gasteiger partial charge in [0, 0.05) is 18.0 Å². The van der Waals surface area contributed by atoms with E-state index in [1.807, 2.05) is 0 Å². The van der Waals surface area contributed by atoms with Gasteiger partial charge in [-0.1, -0.05) is 6.07 Å². The highest BCUT2D eigenvalue weighted by Gasteiger charge is 2.25. The zero-order valence-corrected chi connectivity index (χ0v) is 9.67. The molecule has 3 nitrogen and oxygen atoms in total. The van der Waals surface area contributed by atoms with Crippen molar-refractivity contribution in [3.05, 3.63) is 59.2 Å². The molecule has 0 amide bonds. The van der Waals surface area contributed by atoms with Crippen molar-refractivity contribution in [2.45, 2.75) is 0 Å². The van der Waals surface area contributed by atoms with Crippen LogP contribution in [0.1, 0.15) is 5.56 Å². The van der Waals surface area contributed by atoms with Gasteiger partial charge in [0.2, 0.25) is 5.82 Å². The monoisotopic (exact) mass is 287 g/mol. The Morgan fingerprint density at radius 1 is 0.950 bits per heavy atom. The van der Waals surface area contributed by atoms with Crippen LogP contribution in [0.5, 0.6) is 0 Å². The number of halogens is 5. The number of pyridine rings is 1. The van der Waals surface area contributed by atoms with Crippen molar-refractivity contribution in [1.82, 2.24) is 4.98 Å². The lowest BCUT2D eigenvalue weighted by atomic mass is 10.2. The molecule has 0 saturated carbocycles. The molecule has 0 aliphatic carbocycles. The Kier molecular flexibility index (Phi) is 3.92. The minimum atomic E-state index is -2.22. The molecule has 0 unspecified atom stereocenters. The first-order valence-electron chi connectivity index (χ1n) is 5.23. The average Bonchev–Trinajstić information content (AvgIpc) is 2.48. The van der Waals surface area contributed by atoms with Gasteiger partial charge in [0.1, 0.15) is 5.69 Å². The fourth-order valence-electron chi connectivity index (χ4n) is 1.33. The molecular weight excluding hydrogens is 281 g/mol. The van der Waals surface area contributed by atoms with Crippen LogP contribution in [0.4, 0.5) is 27.6 Å². The summed E-state index contributed by atoms with van der Waals surface area (Å²) in [6, 6.07) is 3.16. The largest absolute Gasteiger partial charge is 0.272 e. The summed E-state index contributed by atoms with van der Waals surface area (Å²) in [4.78, 5) is 3.75. The number of hydrogen-bond acceptors (Lipinski definition) is 3. The lowest BCUT2D eigenvalue weighted by Gasteiger charge is -2.06. The molecule has 0 radical (unpaired) electrons. The molecule has 0 spiro atoms. The second-order valence-electron chi connectivity index (χ2n) is 3.60. The Labute approximate surface area is 109 Å². The molecule has 20 heavy (non-hydrogen) atoms. The molecule has 2 rings (SSSR count). The van der Waals surface area contributed by atoms with Crippen LogP contribution >= 0.6 is 0 Å². The summed E-state index contributed by atoms with van der Waals surface area (Å²) in [6.07, 6.45) is 4.00. The number of rotatable bonds is 3. The zero-order chi connectivity index (χ0) is 14.7. The predicted octanol–water partition coefficient (Wildman–Crippen LogP) is 3.22. The molecule has 0 saturated heterocycles. The number of aromatic nitrogens is 1. The van der Waals surface area contributed by atoms with E-state index in [0.29, 0.717) is 5.56 Å². The summed E-state index contributed by atoms with van der Waals surface area (Å²) in [5.74, 6) is -10.3. The fraction of sp³-hybridized carbons (Fsp3) is 0. The van der Waals surface area contributed by atoms with Crippen molar-refractivity contribution in [3.63, 3.8) is 0 Å². The van der Waals surface area contributed by atoms with Crippen molar-refractivity contribution in [3.8, 4) is 0 Å². The Morgan fingerprint density at radius 3 is 2.10 bits per heavy atom. The molecule has 2 aromatic rings. The van der Waals surface area contributed by atoms with Crippen molar-refractivity contribution in [2.24, 2.45) is 5.10 Å². The van der Waals surface area contributed by atoms with Crippen molar-refractivity contribution < 1.29 is 22.0 Å². The van der Waals surface area contributed by atoms with Gasteiger partial charge in [0.05, 0.1) is 6.21 Å². The normalized spacial score (nSPS) is 11.1. The van der Waals surface area contributed by atoms with Gasteiger partial charge < -0.3 is 0 Å². The van der Waals surface area contributed by atoms with Gasteiger partial charge in [-0.05, 0) is 6.07 Å². The first kappa shape index (κ1) is 13.9. The summed E-state index contributed by atoms with van der Waals surface area (Å²) in [6.45, 7) is 0. The van der Waals surface area contributed by atoms with E-state index in [-0.39, 0.29) is 0 Å². The minimum Gasteiger partial charge on any atom is -0.272 e. The van der Waals surface area contributed by atoms with Crippen LogP contribution in [-0.2, 0) is 0 Å². The summed E-state index contributed by atoms with van der Waals surface area (Å²) in [5.41, 5.74) is 1.04. The van der Waals surface area contributed by atoms with Crippen LogP contribution in [-0.4, -0.2) is 11.2 Å². The van der Waals surface area contributed by atoms with Crippen LogP contribution in [0.2, 0.25) is 0 Å². The second-order valence-corrected chi connectivity index (χ2v) is 3.60. The second kappa shape index (κ2) is 5.64. The molecular formula is C12H6F5N3. The highest BCUT2D eigenvalue weighted by atomic mass is 19.2. The molecule has 0 aliphatic rings. The molecule has 0 atom stereocenters. The van der Waals surface area contributed by atoms with E-state index in [9.17, 15) is 22.0 Å². The van der Waals surface area contributed by atoms with Crippen molar-refractivity contribution >= 4 is 11.9 Å². The third kappa shape index (κ3) is 2.58.